The van der Waals surface area contributed by atoms with Gasteiger partial charge in [0.05, 0.1) is 11.7 Å². The minimum absolute atomic E-state index is 0.103. The first kappa shape index (κ1) is 11.3. The molecule has 1 fully saturated rings. The molecule has 5 nitrogen and oxygen atoms in total. The van der Waals surface area contributed by atoms with Crippen molar-refractivity contribution < 1.29 is 19.4 Å². The van der Waals surface area contributed by atoms with Gasteiger partial charge in [-0.1, -0.05) is 6.07 Å². The van der Waals surface area contributed by atoms with Gasteiger partial charge >= 0.3 is 0 Å². The number of aliphatic hydroxyl groups excluding tert-OH is 1. The van der Waals surface area contributed by atoms with Crippen LogP contribution < -0.4 is 9.47 Å². The summed E-state index contributed by atoms with van der Waals surface area (Å²) in [5, 5.41) is 9.48. The van der Waals surface area contributed by atoms with Crippen LogP contribution >= 0.6 is 0 Å². The monoisotopic (exact) mass is 249 g/mol. The zero-order valence-electron chi connectivity index (χ0n) is 9.96. The third-order valence-corrected chi connectivity index (χ3v) is 3.25. The minimum Gasteiger partial charge on any atom is -0.486 e. The van der Waals surface area contributed by atoms with Gasteiger partial charge in [0.15, 0.2) is 11.5 Å². The number of carbonyl (C=O) groups is 1. The predicted molar refractivity (Wildman–Crippen MR) is 64.0 cm³/mol. The Morgan fingerprint density at radius 1 is 1.33 bits per heavy atom. The number of hydrogen-bond acceptors (Lipinski definition) is 4. The van der Waals surface area contributed by atoms with Crippen LogP contribution in [0.25, 0.3) is 0 Å². The van der Waals surface area contributed by atoms with Gasteiger partial charge in [0, 0.05) is 13.1 Å². The predicted octanol–water partition coefficient (Wildman–Crippen LogP) is 0.665. The highest BCUT2D eigenvalue weighted by Crippen LogP contribution is 2.34. The molecule has 2 aliphatic heterocycles. The molecular weight excluding hydrogens is 234 g/mol. The molecule has 0 spiro atoms. The number of amides is 1. The average Bonchev–Trinajstić information content (AvgIpc) is 2.84. The summed E-state index contributed by atoms with van der Waals surface area (Å²) in [4.78, 5) is 14.0. The molecule has 1 N–H and O–H groups in total. The maximum atomic E-state index is 12.3. The first-order chi connectivity index (χ1) is 8.75. The van der Waals surface area contributed by atoms with Gasteiger partial charge in [0.1, 0.15) is 13.2 Å². The normalized spacial score (nSPS) is 22.1. The zero-order valence-corrected chi connectivity index (χ0v) is 9.96. The van der Waals surface area contributed by atoms with Crippen LogP contribution in [-0.2, 0) is 0 Å². The highest BCUT2D eigenvalue weighted by molar-refractivity contribution is 5.98. The first-order valence-electron chi connectivity index (χ1n) is 6.11. The fourth-order valence-electron chi connectivity index (χ4n) is 2.34. The van der Waals surface area contributed by atoms with Crippen molar-refractivity contribution >= 4 is 5.91 Å². The molecular formula is C13H15NO4. The van der Waals surface area contributed by atoms with Crippen molar-refractivity contribution in [3.8, 4) is 11.5 Å². The molecule has 96 valence electrons. The fourth-order valence-corrected chi connectivity index (χ4v) is 2.34. The number of likely N-dealkylation sites (tertiary alicyclic amines) is 1. The number of carbonyl (C=O) groups excluding carboxylic acids is 1. The summed E-state index contributed by atoms with van der Waals surface area (Å²) in [6.07, 6.45) is 0.226. The Hall–Kier alpha value is -1.75. The second-order valence-electron chi connectivity index (χ2n) is 4.52. The second-order valence-corrected chi connectivity index (χ2v) is 4.52. The fraction of sp³-hybridized carbons (Fsp3) is 0.462. The van der Waals surface area contributed by atoms with Crippen molar-refractivity contribution in [1.29, 1.82) is 0 Å². The molecule has 18 heavy (non-hydrogen) atoms. The van der Waals surface area contributed by atoms with Crippen LogP contribution in [0.1, 0.15) is 16.8 Å². The Bertz CT molecular complexity index is 474. The SMILES string of the molecule is O=C(c1cccc2c1OCCO2)N1CC[C@H](O)C1. The van der Waals surface area contributed by atoms with E-state index >= 15 is 0 Å². The summed E-state index contributed by atoms with van der Waals surface area (Å²) in [6.45, 7) is 1.95. The smallest absolute Gasteiger partial charge is 0.257 e. The van der Waals surface area contributed by atoms with E-state index in [4.69, 9.17) is 9.47 Å². The minimum atomic E-state index is -0.411. The number of fused-ring (bicyclic) bond motifs is 1. The lowest BCUT2D eigenvalue weighted by molar-refractivity contribution is 0.0754. The molecule has 5 heteroatoms. The number of β-amino-alcohol motifs (C(OH)–C–C–N with tert-alkyl or cyclic N) is 1. The molecule has 1 amide bonds. The van der Waals surface area contributed by atoms with Gasteiger partial charge in [-0.25, -0.2) is 0 Å². The number of hydrogen-bond donors (Lipinski definition) is 1. The highest BCUT2D eigenvalue weighted by Gasteiger charge is 2.29. The second kappa shape index (κ2) is 4.49. The lowest BCUT2D eigenvalue weighted by Gasteiger charge is -2.23. The lowest BCUT2D eigenvalue weighted by atomic mass is 10.1. The average molecular weight is 249 g/mol. The third kappa shape index (κ3) is 1.90. The van der Waals surface area contributed by atoms with Crippen LogP contribution in [0, 0.1) is 0 Å². The Labute approximate surface area is 105 Å². The summed E-state index contributed by atoms with van der Waals surface area (Å²) in [5.41, 5.74) is 0.515. The quantitative estimate of drug-likeness (QED) is 0.794. The molecule has 0 unspecified atom stereocenters. The van der Waals surface area contributed by atoms with Crippen molar-refractivity contribution in [3.05, 3.63) is 23.8 Å². The Morgan fingerprint density at radius 2 is 2.17 bits per heavy atom. The molecule has 1 aromatic carbocycles. The van der Waals surface area contributed by atoms with E-state index in [0.29, 0.717) is 49.8 Å². The molecule has 3 rings (SSSR count). The number of rotatable bonds is 1. The van der Waals surface area contributed by atoms with Crippen molar-refractivity contribution in [2.24, 2.45) is 0 Å². The van der Waals surface area contributed by atoms with E-state index in [0.717, 1.165) is 0 Å². The van der Waals surface area contributed by atoms with E-state index in [1.165, 1.54) is 0 Å². The molecule has 1 aromatic rings. The summed E-state index contributed by atoms with van der Waals surface area (Å²) in [5.74, 6) is 1.04. The van der Waals surface area contributed by atoms with E-state index in [-0.39, 0.29) is 5.91 Å². The van der Waals surface area contributed by atoms with E-state index < -0.39 is 6.10 Å². The van der Waals surface area contributed by atoms with E-state index in [9.17, 15) is 9.90 Å². The molecule has 1 atom stereocenters. The number of para-hydroxylation sites is 1. The summed E-state index contributed by atoms with van der Waals surface area (Å²) in [7, 11) is 0. The number of nitrogens with zero attached hydrogens (tertiary/aromatic N) is 1. The van der Waals surface area contributed by atoms with Gasteiger partial charge in [-0.2, -0.15) is 0 Å². The topological polar surface area (TPSA) is 59.0 Å². The van der Waals surface area contributed by atoms with Gasteiger partial charge in [-0.3, -0.25) is 4.79 Å². The Kier molecular flexibility index (Phi) is 2.83. The molecule has 0 aliphatic carbocycles. The van der Waals surface area contributed by atoms with Gasteiger partial charge in [0.2, 0.25) is 0 Å². The zero-order chi connectivity index (χ0) is 12.5. The first-order valence-corrected chi connectivity index (χ1v) is 6.11. The van der Waals surface area contributed by atoms with Gasteiger partial charge in [-0.15, -0.1) is 0 Å². The van der Waals surface area contributed by atoms with Crippen molar-refractivity contribution in [1.82, 2.24) is 4.90 Å². The van der Waals surface area contributed by atoms with Crippen molar-refractivity contribution in [3.63, 3.8) is 0 Å². The Balaban J connectivity index is 1.90. The van der Waals surface area contributed by atoms with Gasteiger partial charge in [-0.05, 0) is 18.6 Å². The molecule has 2 aliphatic rings. The van der Waals surface area contributed by atoms with Crippen LogP contribution in [0.3, 0.4) is 0 Å². The molecule has 0 radical (unpaired) electrons. The lowest BCUT2D eigenvalue weighted by Crippen LogP contribution is -2.30. The maximum absolute atomic E-state index is 12.3. The summed E-state index contributed by atoms with van der Waals surface area (Å²) in [6, 6.07) is 5.32. The van der Waals surface area contributed by atoms with Crippen LogP contribution in [0.15, 0.2) is 18.2 Å². The van der Waals surface area contributed by atoms with Crippen LogP contribution in [0.5, 0.6) is 11.5 Å². The van der Waals surface area contributed by atoms with Crippen LogP contribution in [0.2, 0.25) is 0 Å². The Morgan fingerprint density at radius 3 is 2.94 bits per heavy atom. The van der Waals surface area contributed by atoms with E-state index in [1.54, 1.807) is 23.1 Å². The van der Waals surface area contributed by atoms with Gasteiger partial charge < -0.3 is 19.5 Å². The molecule has 0 aromatic heterocycles. The maximum Gasteiger partial charge on any atom is 0.257 e. The van der Waals surface area contributed by atoms with Crippen molar-refractivity contribution in [2.45, 2.75) is 12.5 Å². The van der Waals surface area contributed by atoms with Crippen molar-refractivity contribution in [2.75, 3.05) is 26.3 Å². The van der Waals surface area contributed by atoms with E-state index in [1.807, 2.05) is 0 Å². The van der Waals surface area contributed by atoms with Crippen LogP contribution in [0.4, 0.5) is 0 Å². The molecule has 0 saturated carbocycles. The summed E-state index contributed by atoms with van der Waals surface area (Å²) < 4.78 is 11.0. The molecule has 1 saturated heterocycles. The third-order valence-electron chi connectivity index (χ3n) is 3.25. The summed E-state index contributed by atoms with van der Waals surface area (Å²) >= 11 is 0. The number of ether oxygens (including phenoxy) is 2. The van der Waals surface area contributed by atoms with Crippen LogP contribution in [-0.4, -0.2) is 48.3 Å². The molecule has 0 bridgehead atoms. The largest absolute Gasteiger partial charge is 0.486 e. The highest BCUT2D eigenvalue weighted by atomic mass is 16.6. The van der Waals surface area contributed by atoms with E-state index in [2.05, 4.69) is 0 Å². The molecule has 2 heterocycles. The van der Waals surface area contributed by atoms with Gasteiger partial charge in [0.25, 0.3) is 5.91 Å². The standard InChI is InChI=1S/C13H15NO4/c15-9-4-5-14(8-9)13(16)10-2-1-3-11-12(10)18-7-6-17-11/h1-3,9,15H,4-8H2/t9-/m0/s1. The number of benzene rings is 1. The number of aliphatic hydroxyl groups is 1.